The third-order valence-electron chi connectivity index (χ3n) is 9.18. The molecule has 434 valence electrons. The number of H-pyrrole nitrogens is 2. The van der Waals surface area contributed by atoms with Crippen molar-refractivity contribution in [2.45, 2.75) is 103 Å². The van der Waals surface area contributed by atoms with Crippen molar-refractivity contribution in [3.63, 3.8) is 0 Å². The predicted molar refractivity (Wildman–Crippen MR) is 349 cm³/mol. The normalized spacial score (nSPS) is 11.3. The number of aromatic amines is 2. The molecule has 16 heteroatoms. The third-order valence-corrected chi connectivity index (χ3v) is 10.6. The van der Waals surface area contributed by atoms with E-state index < -0.39 is 0 Å². The maximum absolute atomic E-state index is 10.7. The summed E-state index contributed by atoms with van der Waals surface area (Å²) in [5.74, 6) is 0.966. The molecule has 1 atom stereocenters. The Morgan fingerprint density at radius 3 is 1.89 bits per heavy atom. The van der Waals surface area contributed by atoms with E-state index in [-0.39, 0.29) is 5.63 Å². The molecular formula is C65H88N10O4S2. The highest BCUT2D eigenvalue weighted by molar-refractivity contribution is 7.17. The van der Waals surface area contributed by atoms with Gasteiger partial charge in [-0.3, -0.25) is 10.2 Å². The Bertz CT molecular complexity index is 2890. The van der Waals surface area contributed by atoms with E-state index in [9.17, 15) is 4.79 Å². The summed E-state index contributed by atoms with van der Waals surface area (Å²) in [6, 6.07) is 42.7. The van der Waals surface area contributed by atoms with Crippen molar-refractivity contribution >= 4 is 71.6 Å². The van der Waals surface area contributed by atoms with E-state index >= 15 is 0 Å². The molecular weight excluding hydrogens is 1050 g/mol. The molecule has 0 radical (unpaired) electrons. The van der Waals surface area contributed by atoms with Gasteiger partial charge in [0.1, 0.15) is 36.0 Å². The molecule has 11 aromatic rings. The molecule has 3 aliphatic rings. The second-order valence-electron chi connectivity index (χ2n) is 13.7. The quantitative estimate of drug-likeness (QED) is 0.106. The highest BCUT2D eigenvalue weighted by Gasteiger charge is 2.13. The molecule has 4 N–H and O–H groups in total. The van der Waals surface area contributed by atoms with Crippen LogP contribution in [0.15, 0.2) is 238 Å². The minimum atomic E-state index is -0.302. The lowest BCUT2D eigenvalue weighted by atomic mass is 10.2. The molecule has 0 saturated heterocycles. The second-order valence-corrected chi connectivity index (χ2v) is 15.4. The van der Waals surface area contributed by atoms with Gasteiger partial charge in [-0.1, -0.05) is 170 Å². The van der Waals surface area contributed by atoms with Gasteiger partial charge in [-0.05, 0) is 95.1 Å². The molecule has 0 fully saturated rings. The van der Waals surface area contributed by atoms with Crippen molar-refractivity contribution in [2.75, 3.05) is 18.5 Å². The van der Waals surface area contributed by atoms with Crippen LogP contribution in [-0.4, -0.2) is 59.0 Å². The SMILES string of the molecule is C1=CC2NC=CN2C=C1.CC.CC.CC.CC.CC.CC.CC.O=c1ccc2ccccc2o1.c1ccc2c(c1)NCCO2.c1ccc2occc2c1.c1ccc2sccc2c1.c1cn[nH]c1.c1cnsc1.c1ncc2cn[nH]c2n1. The van der Waals surface area contributed by atoms with Crippen LogP contribution < -0.4 is 21.0 Å². The number of hydrogen-bond donors (Lipinski definition) is 4. The Morgan fingerprint density at radius 2 is 1.28 bits per heavy atom. The number of benzene rings is 4. The van der Waals surface area contributed by atoms with Crippen molar-refractivity contribution in [1.29, 1.82) is 0 Å². The molecule has 3 aliphatic heterocycles. The average Bonchev–Trinajstić information content (AvgIpc) is 4.44. The van der Waals surface area contributed by atoms with E-state index in [1.54, 1.807) is 60.7 Å². The average molecular weight is 1140 g/mol. The largest absolute Gasteiger partial charge is 0.490 e. The summed E-state index contributed by atoms with van der Waals surface area (Å²) in [5.41, 5.74) is 3.18. The lowest BCUT2D eigenvalue weighted by Crippen LogP contribution is -2.30. The first-order valence-corrected chi connectivity index (χ1v) is 29.6. The molecule has 1 unspecified atom stereocenters. The molecule has 0 bridgehead atoms. The summed E-state index contributed by atoms with van der Waals surface area (Å²) >= 11 is 3.25. The number of nitrogens with one attached hydrogen (secondary N) is 4. The first-order valence-electron chi connectivity index (χ1n) is 27.9. The van der Waals surface area contributed by atoms with Crippen molar-refractivity contribution in [3.05, 3.63) is 235 Å². The van der Waals surface area contributed by atoms with Gasteiger partial charge in [-0.25, -0.2) is 19.1 Å². The lowest BCUT2D eigenvalue weighted by molar-refractivity contribution is 0.323. The van der Waals surface area contributed by atoms with Crippen LogP contribution in [0.3, 0.4) is 0 Å². The van der Waals surface area contributed by atoms with Crippen LogP contribution in [0.5, 0.6) is 5.75 Å². The molecule has 0 saturated carbocycles. The number of thiophene rings is 1. The van der Waals surface area contributed by atoms with Gasteiger partial charge in [-0.15, -0.1) is 11.3 Å². The summed E-state index contributed by atoms with van der Waals surface area (Å²) in [6.45, 7) is 29.7. The highest BCUT2D eigenvalue weighted by atomic mass is 32.1. The van der Waals surface area contributed by atoms with Crippen LogP contribution in [0.2, 0.25) is 0 Å². The summed E-state index contributed by atoms with van der Waals surface area (Å²) < 4.78 is 20.5. The monoisotopic (exact) mass is 1140 g/mol. The van der Waals surface area contributed by atoms with Crippen molar-refractivity contribution in [2.24, 2.45) is 0 Å². The number of anilines is 1. The number of allylic oxidation sites excluding steroid dienone is 2. The van der Waals surface area contributed by atoms with E-state index in [1.807, 2.05) is 218 Å². The predicted octanol–water partition coefficient (Wildman–Crippen LogP) is 18.5. The molecule has 7 aromatic heterocycles. The standard InChI is InChI=1S/C9H6O2.C8H9NO.C8H6O.C8H6S.C7H8N2.C5H4N4.C3H4N2.C3H3NS.7C2H6/c10-9-6-5-7-3-1-2-4-8(7)11-9;1-2-4-8-7(3-1)9-5-6-10-8;2*1-2-4-8-7(3-1)5-6-9-8;1-2-5-9-6-4-8-7(9)3-1;1-4-2-8-9-5(4)7-3-6-1;2*1-2-4-5-3-1;7*1-2/h1-6H;1-4,9H,5-6H2;2*1-6H;1-8H;1-3H,(H,6,7,8,9);1-3H,(H,4,5);1-3H;7*1-2H3. The topological polar surface area (TPSA) is 176 Å². The minimum absolute atomic E-state index is 0.302. The van der Waals surface area contributed by atoms with Crippen molar-refractivity contribution < 1.29 is 13.6 Å². The van der Waals surface area contributed by atoms with Crippen LogP contribution in [0, 0.1) is 0 Å². The number of hydrogen-bond acceptors (Lipinski definition) is 14. The Kier molecular flexibility index (Phi) is 45.5. The Hall–Kier alpha value is -8.60. The fourth-order valence-corrected chi connectivity index (χ4v) is 7.16. The van der Waals surface area contributed by atoms with Crippen LogP contribution in [-0.2, 0) is 0 Å². The zero-order chi connectivity index (χ0) is 60.0. The van der Waals surface area contributed by atoms with E-state index in [4.69, 9.17) is 13.6 Å². The smallest absolute Gasteiger partial charge is 0.336 e. The van der Waals surface area contributed by atoms with Gasteiger partial charge in [0.25, 0.3) is 0 Å². The number of fused-ring (bicyclic) bond motifs is 6. The minimum Gasteiger partial charge on any atom is -0.490 e. The second kappa shape index (κ2) is 50.9. The van der Waals surface area contributed by atoms with Gasteiger partial charge >= 0.3 is 5.63 Å². The van der Waals surface area contributed by atoms with Crippen LogP contribution in [0.1, 0.15) is 96.9 Å². The van der Waals surface area contributed by atoms with Gasteiger partial charge < -0.3 is 29.1 Å². The van der Waals surface area contributed by atoms with Gasteiger partial charge in [0.15, 0.2) is 5.65 Å². The van der Waals surface area contributed by atoms with Crippen LogP contribution in [0.25, 0.3) is 43.1 Å². The van der Waals surface area contributed by atoms with Crippen molar-refractivity contribution in [1.82, 2.24) is 45.0 Å². The fraction of sp³-hybridized carbons (Fsp3) is 0.262. The molecule has 10 heterocycles. The molecule has 0 amide bonds. The molecule has 14 nitrogen and oxygen atoms in total. The maximum Gasteiger partial charge on any atom is 0.336 e. The lowest BCUT2D eigenvalue weighted by Gasteiger charge is -2.20. The number of nitrogens with zero attached hydrogens (tertiary/aromatic N) is 6. The van der Waals surface area contributed by atoms with Crippen LogP contribution >= 0.6 is 22.9 Å². The Balaban J connectivity index is 0.000000882. The third kappa shape index (κ3) is 29.8. The van der Waals surface area contributed by atoms with Gasteiger partial charge in [0, 0.05) is 76.9 Å². The summed E-state index contributed by atoms with van der Waals surface area (Å²) in [6.07, 6.45) is 24.4. The number of aromatic nitrogens is 7. The molecule has 0 aliphatic carbocycles. The Labute approximate surface area is 489 Å². The van der Waals surface area contributed by atoms with Crippen LogP contribution in [0.4, 0.5) is 5.69 Å². The Morgan fingerprint density at radius 1 is 0.605 bits per heavy atom. The molecule has 0 spiro atoms. The number of para-hydroxylation sites is 4. The number of furan rings is 1. The molecule has 81 heavy (non-hydrogen) atoms. The maximum atomic E-state index is 10.7. The summed E-state index contributed by atoms with van der Waals surface area (Å²) in [4.78, 5) is 20.6. The van der Waals surface area contributed by atoms with E-state index in [1.165, 1.54) is 34.0 Å². The van der Waals surface area contributed by atoms with Crippen molar-refractivity contribution in [3.8, 4) is 5.75 Å². The molecule has 4 aromatic carbocycles. The zero-order valence-corrected chi connectivity index (χ0v) is 51.6. The summed E-state index contributed by atoms with van der Waals surface area (Å²) in [7, 11) is 0. The van der Waals surface area contributed by atoms with Gasteiger partial charge in [0.2, 0.25) is 0 Å². The number of ether oxygens (including phenoxy) is 1. The van der Waals surface area contributed by atoms with E-state index in [2.05, 4.69) is 92.1 Å². The van der Waals surface area contributed by atoms with E-state index in [0.717, 1.165) is 52.0 Å². The van der Waals surface area contributed by atoms with Gasteiger partial charge in [-0.2, -0.15) is 10.2 Å². The zero-order valence-electron chi connectivity index (χ0n) is 50.0. The molecule has 14 rings (SSSR count). The number of rotatable bonds is 0. The first kappa shape index (κ1) is 72.4. The first-order chi connectivity index (χ1) is 40.2. The van der Waals surface area contributed by atoms with Gasteiger partial charge in [0.05, 0.1) is 23.5 Å². The highest BCUT2D eigenvalue weighted by Crippen LogP contribution is 2.25. The fourth-order valence-electron chi connectivity index (χ4n) is 6.01. The summed E-state index contributed by atoms with van der Waals surface area (Å²) in [5, 5.41) is 27.6. The van der Waals surface area contributed by atoms with E-state index in [0.29, 0.717) is 11.7 Å².